The minimum absolute atomic E-state index is 0.235. The summed E-state index contributed by atoms with van der Waals surface area (Å²) in [4.78, 5) is 11.4. The van der Waals surface area contributed by atoms with E-state index >= 15 is 0 Å². The molecule has 0 aromatic heterocycles. The van der Waals surface area contributed by atoms with E-state index in [1.807, 2.05) is 32.9 Å². The molecule has 0 aliphatic heterocycles. The Morgan fingerprint density at radius 1 is 1.10 bits per heavy atom. The molecule has 0 saturated carbocycles. The average molecular weight is 316 g/mol. The van der Waals surface area contributed by atoms with Crippen LogP contribution in [0.25, 0.3) is 0 Å². The van der Waals surface area contributed by atoms with E-state index in [1.54, 1.807) is 0 Å². The van der Waals surface area contributed by atoms with E-state index in [2.05, 4.69) is 39.2 Å². The first-order chi connectivity index (χ1) is 9.35. The van der Waals surface area contributed by atoms with Crippen LogP contribution in [0.4, 0.5) is 4.79 Å². The highest BCUT2D eigenvalue weighted by Gasteiger charge is 2.36. The second-order valence-corrected chi connectivity index (χ2v) is 12.6. The molecule has 0 aliphatic carbocycles. The van der Waals surface area contributed by atoms with Gasteiger partial charge in [0, 0.05) is 6.54 Å². The summed E-state index contributed by atoms with van der Waals surface area (Å²) in [6.45, 7) is 17.9. The first-order valence-electron chi connectivity index (χ1n) is 7.61. The maximum atomic E-state index is 11.4. The summed E-state index contributed by atoms with van der Waals surface area (Å²) in [5.41, 5.74) is -0.447. The monoisotopic (exact) mass is 315 g/mol. The number of carbonyl (C=O) groups excluding carboxylic acids is 1. The Morgan fingerprint density at radius 3 is 2.14 bits per heavy atom. The van der Waals surface area contributed by atoms with E-state index in [4.69, 9.17) is 9.16 Å². The fourth-order valence-electron chi connectivity index (χ4n) is 1.23. The molecule has 0 saturated heterocycles. The second kappa shape index (κ2) is 7.99. The van der Waals surface area contributed by atoms with Gasteiger partial charge in [-0.1, -0.05) is 32.9 Å². The zero-order valence-corrected chi connectivity index (χ0v) is 16.0. The van der Waals surface area contributed by atoms with Gasteiger partial charge in [0.05, 0.1) is 6.61 Å². The quantitative estimate of drug-likeness (QED) is 0.446. The van der Waals surface area contributed by atoms with Gasteiger partial charge in [0.15, 0.2) is 8.32 Å². The molecule has 21 heavy (non-hydrogen) atoms. The number of hydrogen-bond donors (Lipinski definition) is 1. The molecule has 1 amide bonds. The summed E-state index contributed by atoms with van der Waals surface area (Å²) >= 11 is 0. The van der Waals surface area contributed by atoms with Crippen LogP contribution in [0.3, 0.4) is 0 Å². The normalized spacial score (nSPS) is 13.5. The number of amides is 1. The first kappa shape index (κ1) is 20.2. The van der Waals surface area contributed by atoms with Gasteiger partial charge in [-0.15, -0.1) is 0 Å². The zero-order valence-electron chi connectivity index (χ0n) is 15.0. The van der Waals surface area contributed by atoms with E-state index < -0.39 is 13.9 Å². The molecular weight excluding hydrogens is 282 g/mol. The summed E-state index contributed by atoms with van der Waals surface area (Å²) in [5, 5.41) is 2.96. The van der Waals surface area contributed by atoms with Crippen molar-refractivity contribution >= 4 is 14.4 Å². The molecule has 0 bridgehead atoms. The van der Waals surface area contributed by atoms with E-state index in [0.717, 1.165) is 6.42 Å². The highest BCUT2D eigenvalue weighted by Crippen LogP contribution is 2.36. The van der Waals surface area contributed by atoms with Gasteiger partial charge in [-0.05, 0) is 45.3 Å². The molecule has 0 radical (unpaired) electrons. The number of alkyl carbamates (subject to hydrolysis) is 1. The lowest BCUT2D eigenvalue weighted by Gasteiger charge is -2.35. The van der Waals surface area contributed by atoms with Crippen LogP contribution >= 0.6 is 0 Å². The highest BCUT2D eigenvalue weighted by atomic mass is 28.4. The largest absolute Gasteiger partial charge is 0.444 e. The van der Waals surface area contributed by atoms with Gasteiger partial charge in [-0.25, -0.2) is 4.79 Å². The van der Waals surface area contributed by atoms with Crippen LogP contribution in [0, 0.1) is 0 Å². The molecule has 0 aromatic rings. The van der Waals surface area contributed by atoms with Crippen molar-refractivity contribution in [3.05, 3.63) is 12.2 Å². The summed E-state index contributed by atoms with van der Waals surface area (Å²) in [5.74, 6) is 0. The van der Waals surface area contributed by atoms with Crippen molar-refractivity contribution in [1.82, 2.24) is 5.32 Å². The van der Waals surface area contributed by atoms with Crippen molar-refractivity contribution in [3.8, 4) is 0 Å². The lowest BCUT2D eigenvalue weighted by molar-refractivity contribution is 0.0529. The third-order valence-corrected chi connectivity index (χ3v) is 7.99. The lowest BCUT2D eigenvalue weighted by atomic mass is 10.2. The number of hydrogen-bond acceptors (Lipinski definition) is 3. The van der Waals surface area contributed by atoms with Crippen molar-refractivity contribution in [1.29, 1.82) is 0 Å². The summed E-state index contributed by atoms with van der Waals surface area (Å²) in [7, 11) is -1.66. The van der Waals surface area contributed by atoms with Crippen LogP contribution in [0.5, 0.6) is 0 Å². The third-order valence-electron chi connectivity index (χ3n) is 3.49. The summed E-state index contributed by atoms with van der Waals surface area (Å²) < 4.78 is 11.2. The van der Waals surface area contributed by atoms with Crippen LogP contribution in [-0.4, -0.2) is 33.2 Å². The number of rotatable bonds is 6. The molecule has 0 aliphatic rings. The van der Waals surface area contributed by atoms with Gasteiger partial charge in [0.1, 0.15) is 5.60 Å². The SMILES string of the molecule is CC(C)(C)OC(=O)NCC/C=C/CO[Si](C)(C)C(C)(C)C. The Labute approximate surface area is 131 Å². The molecule has 0 atom stereocenters. The van der Waals surface area contributed by atoms with Crippen LogP contribution in [-0.2, 0) is 9.16 Å². The molecule has 0 unspecified atom stereocenters. The standard InChI is InChI=1S/C16H33NO3Si/c1-15(2,3)20-14(18)17-12-10-9-11-13-19-21(7,8)16(4,5)6/h9,11H,10,12-13H2,1-8H3,(H,17,18)/b11-9+. The van der Waals surface area contributed by atoms with E-state index in [-0.39, 0.29) is 11.1 Å². The second-order valence-electron chi connectivity index (χ2n) is 7.76. The predicted molar refractivity (Wildman–Crippen MR) is 91.1 cm³/mol. The average Bonchev–Trinajstić information content (AvgIpc) is 2.23. The molecule has 0 fully saturated rings. The Bertz CT molecular complexity index is 352. The number of ether oxygens (including phenoxy) is 1. The summed E-state index contributed by atoms with van der Waals surface area (Å²) in [6, 6.07) is 0. The fourth-order valence-corrected chi connectivity index (χ4v) is 2.18. The van der Waals surface area contributed by atoms with Crippen molar-refractivity contribution in [2.24, 2.45) is 0 Å². The Morgan fingerprint density at radius 2 is 1.67 bits per heavy atom. The maximum absolute atomic E-state index is 11.4. The smallest absolute Gasteiger partial charge is 0.407 e. The minimum Gasteiger partial charge on any atom is -0.444 e. The Balaban J connectivity index is 3.83. The van der Waals surface area contributed by atoms with Crippen LogP contribution < -0.4 is 5.32 Å². The fraction of sp³-hybridized carbons (Fsp3) is 0.812. The van der Waals surface area contributed by atoms with E-state index in [0.29, 0.717) is 13.2 Å². The molecule has 0 aromatic carbocycles. The zero-order chi connectivity index (χ0) is 16.7. The molecule has 0 rings (SSSR count). The molecule has 0 spiro atoms. The van der Waals surface area contributed by atoms with Crippen LogP contribution in [0.1, 0.15) is 48.0 Å². The van der Waals surface area contributed by atoms with Gasteiger partial charge in [0.2, 0.25) is 0 Å². The van der Waals surface area contributed by atoms with Gasteiger partial charge >= 0.3 is 6.09 Å². The van der Waals surface area contributed by atoms with Gasteiger partial charge in [-0.2, -0.15) is 0 Å². The number of carbonyl (C=O) groups is 1. The first-order valence-corrected chi connectivity index (χ1v) is 10.5. The molecule has 1 N–H and O–H groups in total. The van der Waals surface area contributed by atoms with Crippen molar-refractivity contribution in [2.75, 3.05) is 13.2 Å². The molecule has 124 valence electrons. The Kier molecular flexibility index (Phi) is 7.68. The molecule has 4 nitrogen and oxygen atoms in total. The van der Waals surface area contributed by atoms with E-state index in [9.17, 15) is 4.79 Å². The third kappa shape index (κ3) is 9.69. The van der Waals surface area contributed by atoms with Gasteiger partial charge in [-0.3, -0.25) is 0 Å². The van der Waals surface area contributed by atoms with Crippen molar-refractivity contribution in [2.45, 2.75) is 71.7 Å². The van der Waals surface area contributed by atoms with Crippen LogP contribution in [0.15, 0.2) is 12.2 Å². The minimum atomic E-state index is -1.66. The number of nitrogens with one attached hydrogen (secondary N) is 1. The lowest BCUT2D eigenvalue weighted by Crippen LogP contribution is -2.40. The van der Waals surface area contributed by atoms with Gasteiger partial charge in [0.25, 0.3) is 0 Å². The molecular formula is C16H33NO3Si. The molecule has 5 heteroatoms. The maximum Gasteiger partial charge on any atom is 0.407 e. The van der Waals surface area contributed by atoms with Gasteiger partial charge < -0.3 is 14.5 Å². The topological polar surface area (TPSA) is 47.6 Å². The molecule has 0 heterocycles. The van der Waals surface area contributed by atoms with Crippen LogP contribution in [0.2, 0.25) is 18.1 Å². The highest BCUT2D eigenvalue weighted by molar-refractivity contribution is 6.74. The van der Waals surface area contributed by atoms with E-state index in [1.165, 1.54) is 0 Å². The Hall–Kier alpha value is -0.813. The van der Waals surface area contributed by atoms with Crippen molar-refractivity contribution in [3.63, 3.8) is 0 Å². The van der Waals surface area contributed by atoms with Crippen molar-refractivity contribution < 1.29 is 14.0 Å². The predicted octanol–water partition coefficient (Wildman–Crippen LogP) is 4.48. The summed E-state index contributed by atoms with van der Waals surface area (Å²) in [6.07, 6.45) is 4.47.